The molecule has 0 bridgehead atoms. The Labute approximate surface area is 105 Å². The SMILES string of the molecule is O/N=C(\C=N\O)c1ccc(-c2ccccc2)cc1. The monoisotopic (exact) mass is 240 g/mol. The summed E-state index contributed by atoms with van der Waals surface area (Å²) in [6.07, 6.45) is 1.08. The van der Waals surface area contributed by atoms with E-state index in [2.05, 4.69) is 10.3 Å². The molecule has 90 valence electrons. The van der Waals surface area contributed by atoms with Crippen LogP contribution in [0.25, 0.3) is 11.1 Å². The van der Waals surface area contributed by atoms with E-state index in [1.54, 1.807) is 12.1 Å². The molecule has 0 saturated carbocycles. The molecule has 18 heavy (non-hydrogen) atoms. The molecule has 0 heterocycles. The van der Waals surface area contributed by atoms with Crippen LogP contribution in [0.5, 0.6) is 0 Å². The number of benzene rings is 2. The van der Waals surface area contributed by atoms with Gasteiger partial charge in [-0.2, -0.15) is 0 Å². The predicted octanol–water partition coefficient (Wildman–Crippen LogP) is 2.99. The van der Waals surface area contributed by atoms with Gasteiger partial charge < -0.3 is 10.4 Å². The molecule has 0 atom stereocenters. The summed E-state index contributed by atoms with van der Waals surface area (Å²) in [4.78, 5) is 0. The van der Waals surface area contributed by atoms with Crippen LogP contribution in [0.4, 0.5) is 0 Å². The van der Waals surface area contributed by atoms with Gasteiger partial charge in [-0.15, -0.1) is 0 Å². The Balaban J connectivity index is 2.31. The summed E-state index contributed by atoms with van der Waals surface area (Å²) in [6, 6.07) is 17.4. The lowest BCUT2D eigenvalue weighted by Crippen LogP contribution is -2.02. The molecule has 0 aliphatic heterocycles. The summed E-state index contributed by atoms with van der Waals surface area (Å²) >= 11 is 0. The molecule has 0 unspecified atom stereocenters. The first-order valence-corrected chi connectivity index (χ1v) is 5.40. The zero-order valence-electron chi connectivity index (χ0n) is 9.56. The number of hydrogen-bond acceptors (Lipinski definition) is 4. The first-order chi connectivity index (χ1) is 8.85. The third-order valence-electron chi connectivity index (χ3n) is 2.58. The molecule has 2 rings (SSSR count). The highest BCUT2D eigenvalue weighted by molar-refractivity contribution is 6.37. The predicted molar refractivity (Wildman–Crippen MR) is 70.5 cm³/mol. The Bertz CT molecular complexity index is 560. The molecule has 4 heteroatoms. The van der Waals surface area contributed by atoms with Gasteiger partial charge in [0, 0.05) is 5.56 Å². The Kier molecular flexibility index (Phi) is 3.71. The van der Waals surface area contributed by atoms with Crippen molar-refractivity contribution in [3.63, 3.8) is 0 Å². The highest BCUT2D eigenvalue weighted by Gasteiger charge is 2.02. The van der Waals surface area contributed by atoms with Crippen molar-refractivity contribution in [2.24, 2.45) is 10.3 Å². The topological polar surface area (TPSA) is 65.2 Å². The van der Waals surface area contributed by atoms with Gasteiger partial charge in [0.1, 0.15) is 5.71 Å². The third kappa shape index (κ3) is 2.55. The molecule has 2 aromatic rings. The fraction of sp³-hybridized carbons (Fsp3) is 0. The Morgan fingerprint density at radius 3 is 2.00 bits per heavy atom. The smallest absolute Gasteiger partial charge is 0.131 e. The maximum Gasteiger partial charge on any atom is 0.131 e. The first kappa shape index (κ1) is 11.9. The second-order valence-corrected chi connectivity index (χ2v) is 3.67. The van der Waals surface area contributed by atoms with E-state index in [4.69, 9.17) is 10.4 Å². The quantitative estimate of drug-likeness (QED) is 0.492. The van der Waals surface area contributed by atoms with Crippen molar-refractivity contribution < 1.29 is 10.4 Å². The standard InChI is InChI=1S/C14H12N2O2/c17-15-10-14(16-18)13-8-6-12(7-9-13)11-4-2-1-3-5-11/h1-10,17-18H/b15-10+,16-14+. The summed E-state index contributed by atoms with van der Waals surface area (Å²) in [5.74, 6) is 0. The van der Waals surface area contributed by atoms with Crippen LogP contribution in [0.1, 0.15) is 5.56 Å². The summed E-state index contributed by atoms with van der Waals surface area (Å²) in [7, 11) is 0. The van der Waals surface area contributed by atoms with Crippen LogP contribution in [0.3, 0.4) is 0 Å². The summed E-state index contributed by atoms with van der Waals surface area (Å²) < 4.78 is 0. The Hall–Kier alpha value is -2.62. The molecule has 0 radical (unpaired) electrons. The van der Waals surface area contributed by atoms with E-state index in [9.17, 15) is 0 Å². The van der Waals surface area contributed by atoms with E-state index in [0.717, 1.165) is 17.3 Å². The minimum absolute atomic E-state index is 0.206. The third-order valence-corrected chi connectivity index (χ3v) is 2.58. The molecular formula is C14H12N2O2. The molecule has 0 aliphatic rings. The summed E-state index contributed by atoms with van der Waals surface area (Å²) in [5, 5.41) is 23.1. The van der Waals surface area contributed by atoms with Crippen molar-refractivity contribution in [2.45, 2.75) is 0 Å². The lowest BCUT2D eigenvalue weighted by atomic mass is 10.0. The summed E-state index contributed by atoms with van der Waals surface area (Å²) in [5.41, 5.74) is 3.06. The number of oxime groups is 2. The molecule has 0 amide bonds. The molecule has 0 aliphatic carbocycles. The highest BCUT2D eigenvalue weighted by Crippen LogP contribution is 2.19. The van der Waals surface area contributed by atoms with Crippen molar-refractivity contribution >= 4 is 11.9 Å². The van der Waals surface area contributed by atoms with Gasteiger partial charge in [0.05, 0.1) is 6.21 Å². The van der Waals surface area contributed by atoms with Crippen LogP contribution in [-0.4, -0.2) is 22.3 Å². The van der Waals surface area contributed by atoms with Crippen molar-refractivity contribution in [1.29, 1.82) is 0 Å². The van der Waals surface area contributed by atoms with Crippen molar-refractivity contribution in [1.82, 2.24) is 0 Å². The lowest BCUT2D eigenvalue weighted by molar-refractivity contribution is 0.316. The van der Waals surface area contributed by atoms with Gasteiger partial charge in [0.2, 0.25) is 0 Å². The zero-order chi connectivity index (χ0) is 12.8. The minimum atomic E-state index is 0.206. The van der Waals surface area contributed by atoms with Crippen molar-refractivity contribution in [3.8, 4) is 11.1 Å². The zero-order valence-corrected chi connectivity index (χ0v) is 9.56. The van der Waals surface area contributed by atoms with E-state index in [1.165, 1.54) is 0 Å². The molecule has 4 nitrogen and oxygen atoms in total. The maximum atomic E-state index is 8.78. The fourth-order valence-corrected chi connectivity index (χ4v) is 1.68. The molecule has 0 spiro atoms. The largest absolute Gasteiger partial charge is 0.411 e. The Morgan fingerprint density at radius 1 is 0.833 bits per heavy atom. The van der Waals surface area contributed by atoms with Crippen LogP contribution in [0, 0.1) is 0 Å². The lowest BCUT2D eigenvalue weighted by Gasteiger charge is -2.03. The fourth-order valence-electron chi connectivity index (χ4n) is 1.68. The van der Waals surface area contributed by atoms with E-state index >= 15 is 0 Å². The van der Waals surface area contributed by atoms with Gasteiger partial charge in [0.25, 0.3) is 0 Å². The van der Waals surface area contributed by atoms with Crippen LogP contribution in [0.2, 0.25) is 0 Å². The average Bonchev–Trinajstić information content (AvgIpc) is 2.46. The van der Waals surface area contributed by atoms with Crippen LogP contribution in [-0.2, 0) is 0 Å². The Morgan fingerprint density at radius 2 is 1.44 bits per heavy atom. The highest BCUT2D eigenvalue weighted by atomic mass is 16.4. The number of rotatable bonds is 3. The van der Waals surface area contributed by atoms with Gasteiger partial charge in [-0.3, -0.25) is 0 Å². The molecule has 0 aromatic heterocycles. The number of nitrogens with zero attached hydrogens (tertiary/aromatic N) is 2. The van der Waals surface area contributed by atoms with Gasteiger partial charge >= 0.3 is 0 Å². The minimum Gasteiger partial charge on any atom is -0.411 e. The normalized spacial score (nSPS) is 11.9. The second-order valence-electron chi connectivity index (χ2n) is 3.67. The second kappa shape index (κ2) is 5.63. The maximum absolute atomic E-state index is 8.78. The van der Waals surface area contributed by atoms with Crippen molar-refractivity contribution in [3.05, 3.63) is 60.2 Å². The molecule has 0 saturated heterocycles. The van der Waals surface area contributed by atoms with Gasteiger partial charge in [-0.1, -0.05) is 64.9 Å². The van der Waals surface area contributed by atoms with Crippen LogP contribution >= 0.6 is 0 Å². The number of hydrogen-bond donors (Lipinski definition) is 2. The molecule has 2 N–H and O–H groups in total. The van der Waals surface area contributed by atoms with E-state index in [-0.39, 0.29) is 5.71 Å². The van der Waals surface area contributed by atoms with E-state index in [0.29, 0.717) is 5.56 Å². The average molecular weight is 240 g/mol. The molecule has 0 fully saturated rings. The van der Waals surface area contributed by atoms with E-state index < -0.39 is 0 Å². The first-order valence-electron chi connectivity index (χ1n) is 5.40. The molecule has 2 aromatic carbocycles. The molecular weight excluding hydrogens is 228 g/mol. The van der Waals surface area contributed by atoms with Crippen LogP contribution < -0.4 is 0 Å². The van der Waals surface area contributed by atoms with Gasteiger partial charge in [-0.25, -0.2) is 0 Å². The van der Waals surface area contributed by atoms with Crippen molar-refractivity contribution in [2.75, 3.05) is 0 Å². The summed E-state index contributed by atoms with van der Waals surface area (Å²) in [6.45, 7) is 0. The van der Waals surface area contributed by atoms with Crippen LogP contribution in [0.15, 0.2) is 64.9 Å². The van der Waals surface area contributed by atoms with E-state index in [1.807, 2.05) is 42.5 Å². The van der Waals surface area contributed by atoms with Gasteiger partial charge in [-0.05, 0) is 11.1 Å². The van der Waals surface area contributed by atoms with Gasteiger partial charge in [0.15, 0.2) is 0 Å².